The van der Waals surface area contributed by atoms with E-state index in [2.05, 4.69) is 20.6 Å². The van der Waals surface area contributed by atoms with Crippen LogP contribution in [0.1, 0.15) is 0 Å². The molecular formula is C12H19N5O2. The van der Waals surface area contributed by atoms with Gasteiger partial charge in [-0.15, -0.1) is 0 Å². The zero-order valence-corrected chi connectivity index (χ0v) is 11.2. The van der Waals surface area contributed by atoms with Crippen LogP contribution in [0.2, 0.25) is 0 Å². The van der Waals surface area contributed by atoms with Crippen LogP contribution in [0, 0.1) is 0 Å². The highest BCUT2D eigenvalue weighted by Crippen LogP contribution is 2.15. The molecular weight excluding hydrogens is 246 g/mol. The van der Waals surface area contributed by atoms with Crippen LogP contribution in [0.3, 0.4) is 0 Å². The number of fused-ring (bicyclic) bond motifs is 1. The lowest BCUT2D eigenvalue weighted by atomic mass is 10.5. The molecule has 2 aromatic rings. The summed E-state index contributed by atoms with van der Waals surface area (Å²) in [6, 6.07) is 0. The monoisotopic (exact) mass is 265 g/mol. The molecule has 0 amide bonds. The lowest BCUT2D eigenvalue weighted by molar-refractivity contribution is 0.0759. The van der Waals surface area contributed by atoms with E-state index in [0.717, 1.165) is 17.3 Å². The van der Waals surface area contributed by atoms with E-state index in [-0.39, 0.29) is 0 Å². The molecule has 0 atom stereocenters. The minimum Gasteiger partial charge on any atom is -0.382 e. The average molecular weight is 265 g/mol. The Morgan fingerprint density at radius 1 is 1.32 bits per heavy atom. The van der Waals surface area contributed by atoms with E-state index in [0.29, 0.717) is 26.4 Å². The highest BCUT2D eigenvalue weighted by Gasteiger charge is 2.05. The topological polar surface area (TPSA) is 72.7 Å². The van der Waals surface area contributed by atoms with E-state index in [1.165, 1.54) is 0 Å². The van der Waals surface area contributed by atoms with Crippen molar-refractivity contribution in [2.75, 3.05) is 51.2 Å². The fourth-order valence-electron chi connectivity index (χ4n) is 1.66. The smallest absolute Gasteiger partial charge is 0.180 e. The Hall–Kier alpha value is -1.86. The first-order chi connectivity index (χ1) is 9.35. The van der Waals surface area contributed by atoms with E-state index in [9.17, 15) is 0 Å². The van der Waals surface area contributed by atoms with Crippen LogP contribution in [-0.4, -0.2) is 54.9 Å². The van der Waals surface area contributed by atoms with E-state index in [4.69, 9.17) is 9.47 Å². The van der Waals surface area contributed by atoms with Crippen LogP contribution in [-0.2, 0) is 9.47 Å². The minimum atomic E-state index is 0.598. The van der Waals surface area contributed by atoms with Gasteiger partial charge in [0.15, 0.2) is 11.5 Å². The Balaban J connectivity index is 1.93. The third-order valence-electron chi connectivity index (χ3n) is 2.60. The van der Waals surface area contributed by atoms with E-state index >= 15 is 0 Å². The van der Waals surface area contributed by atoms with Crippen molar-refractivity contribution in [3.63, 3.8) is 0 Å². The second-order valence-electron chi connectivity index (χ2n) is 3.91. The Bertz CT molecular complexity index is 514. The van der Waals surface area contributed by atoms with Crippen molar-refractivity contribution in [2.45, 2.75) is 0 Å². The number of nitrogens with zero attached hydrogens (tertiary/aromatic N) is 3. The van der Waals surface area contributed by atoms with Gasteiger partial charge >= 0.3 is 0 Å². The van der Waals surface area contributed by atoms with Gasteiger partial charge in [-0.25, -0.2) is 9.97 Å². The summed E-state index contributed by atoms with van der Waals surface area (Å²) in [4.78, 5) is 8.71. The van der Waals surface area contributed by atoms with Gasteiger partial charge in [0.2, 0.25) is 0 Å². The molecule has 0 radical (unpaired) electrons. The summed E-state index contributed by atoms with van der Waals surface area (Å²) < 4.78 is 12.2. The van der Waals surface area contributed by atoms with Crippen molar-refractivity contribution in [1.29, 1.82) is 0 Å². The predicted octanol–water partition coefficient (Wildman–Crippen LogP) is 0.846. The lowest BCUT2D eigenvalue weighted by Crippen LogP contribution is -2.14. The summed E-state index contributed by atoms with van der Waals surface area (Å²) in [7, 11) is 3.49. The molecule has 0 spiro atoms. The zero-order valence-electron chi connectivity index (χ0n) is 11.2. The molecule has 2 rings (SSSR count). The maximum absolute atomic E-state index is 5.39. The van der Waals surface area contributed by atoms with Gasteiger partial charge in [0, 0.05) is 33.1 Å². The molecule has 0 aliphatic rings. The normalized spacial score (nSPS) is 10.8. The standard InChI is InChI=1S/C12H19N5O2/c1-13-10-9-17-5-3-15-12(17)11(16-10)14-4-6-19-8-7-18-2/h3,5,9,13H,4,6-8H2,1-2H3,(H,14,16). The van der Waals surface area contributed by atoms with Crippen LogP contribution in [0.5, 0.6) is 0 Å². The average Bonchev–Trinajstić information content (AvgIpc) is 2.90. The third kappa shape index (κ3) is 3.55. The van der Waals surface area contributed by atoms with Crippen LogP contribution < -0.4 is 10.6 Å². The maximum atomic E-state index is 5.39. The number of aromatic nitrogens is 3. The number of anilines is 2. The lowest BCUT2D eigenvalue weighted by Gasteiger charge is -2.09. The molecule has 7 heteroatoms. The van der Waals surface area contributed by atoms with Crippen molar-refractivity contribution in [1.82, 2.24) is 14.4 Å². The van der Waals surface area contributed by atoms with Crippen LogP contribution in [0.4, 0.5) is 11.6 Å². The molecule has 0 aliphatic heterocycles. The van der Waals surface area contributed by atoms with Gasteiger partial charge in [0.05, 0.1) is 26.0 Å². The van der Waals surface area contributed by atoms with Gasteiger partial charge in [-0.1, -0.05) is 0 Å². The molecule has 0 aromatic carbocycles. The number of nitrogens with one attached hydrogen (secondary N) is 2. The molecule has 0 saturated carbocycles. The molecule has 2 N–H and O–H groups in total. The second kappa shape index (κ2) is 6.91. The molecule has 0 fully saturated rings. The van der Waals surface area contributed by atoms with Crippen LogP contribution in [0.25, 0.3) is 5.65 Å². The molecule has 7 nitrogen and oxygen atoms in total. The van der Waals surface area contributed by atoms with Gasteiger partial charge in [-0.3, -0.25) is 0 Å². The summed E-state index contributed by atoms with van der Waals surface area (Å²) in [5.74, 6) is 1.53. The van der Waals surface area contributed by atoms with Gasteiger partial charge in [0.25, 0.3) is 0 Å². The summed E-state index contributed by atoms with van der Waals surface area (Å²) >= 11 is 0. The predicted molar refractivity (Wildman–Crippen MR) is 73.7 cm³/mol. The van der Waals surface area contributed by atoms with Gasteiger partial charge in [-0.2, -0.15) is 0 Å². The van der Waals surface area contributed by atoms with E-state index in [1.807, 2.05) is 23.8 Å². The first kappa shape index (κ1) is 13.6. The second-order valence-corrected chi connectivity index (χ2v) is 3.91. The number of rotatable bonds is 8. The molecule has 0 saturated heterocycles. The van der Waals surface area contributed by atoms with Crippen LogP contribution >= 0.6 is 0 Å². The van der Waals surface area contributed by atoms with Crippen molar-refractivity contribution >= 4 is 17.3 Å². The zero-order chi connectivity index (χ0) is 13.5. The molecule has 0 unspecified atom stereocenters. The number of imidazole rings is 1. The van der Waals surface area contributed by atoms with Gasteiger partial charge in [-0.05, 0) is 0 Å². The summed E-state index contributed by atoms with van der Waals surface area (Å²) in [5.41, 5.74) is 0.802. The van der Waals surface area contributed by atoms with Crippen LogP contribution in [0.15, 0.2) is 18.6 Å². The number of hydrogen-bond donors (Lipinski definition) is 2. The summed E-state index contributed by atoms with van der Waals surface area (Å²) in [6.07, 6.45) is 5.53. The van der Waals surface area contributed by atoms with Gasteiger partial charge < -0.3 is 24.5 Å². The Labute approximate surface area is 112 Å². The molecule has 0 aliphatic carbocycles. The fraction of sp³-hybridized carbons (Fsp3) is 0.500. The SMILES string of the molecule is CNc1cn2ccnc2c(NCCOCCOC)n1. The highest BCUT2D eigenvalue weighted by atomic mass is 16.5. The number of methoxy groups -OCH3 is 1. The Morgan fingerprint density at radius 2 is 2.21 bits per heavy atom. The van der Waals surface area contributed by atoms with Gasteiger partial charge in [0.1, 0.15) is 5.82 Å². The molecule has 19 heavy (non-hydrogen) atoms. The third-order valence-corrected chi connectivity index (χ3v) is 2.60. The fourth-order valence-corrected chi connectivity index (χ4v) is 1.66. The quantitative estimate of drug-likeness (QED) is 0.689. The Morgan fingerprint density at radius 3 is 3.00 bits per heavy atom. The van der Waals surface area contributed by atoms with Crippen molar-refractivity contribution in [3.8, 4) is 0 Å². The van der Waals surface area contributed by atoms with E-state index in [1.54, 1.807) is 13.3 Å². The van der Waals surface area contributed by atoms with Crippen molar-refractivity contribution < 1.29 is 9.47 Å². The maximum Gasteiger partial charge on any atom is 0.180 e. The summed E-state index contributed by atoms with van der Waals surface area (Å²) in [6.45, 7) is 2.48. The minimum absolute atomic E-state index is 0.598. The van der Waals surface area contributed by atoms with E-state index < -0.39 is 0 Å². The molecule has 2 aromatic heterocycles. The molecule has 104 valence electrons. The van der Waals surface area contributed by atoms with Crippen molar-refractivity contribution in [3.05, 3.63) is 18.6 Å². The number of hydrogen-bond acceptors (Lipinski definition) is 6. The summed E-state index contributed by atoms with van der Waals surface area (Å²) in [5, 5.41) is 6.25. The van der Waals surface area contributed by atoms with Crippen molar-refractivity contribution in [2.24, 2.45) is 0 Å². The number of ether oxygens (including phenoxy) is 2. The highest BCUT2D eigenvalue weighted by molar-refractivity contribution is 5.65. The first-order valence-corrected chi connectivity index (χ1v) is 6.17. The first-order valence-electron chi connectivity index (χ1n) is 6.17. The molecule has 0 bridgehead atoms. The Kier molecular flexibility index (Phi) is 4.93. The molecule has 2 heterocycles. The largest absolute Gasteiger partial charge is 0.382 e.